The minimum absolute atomic E-state index is 0.485. The average Bonchev–Trinajstić information content (AvgIpc) is 2.82. The number of aromatic nitrogens is 1. The molecule has 0 aliphatic heterocycles. The van der Waals surface area contributed by atoms with Crippen LogP contribution in [0.15, 0.2) is 22.5 Å². The fraction of sp³-hybridized carbons (Fsp3) is 0.429. The number of sulfonamides is 1. The van der Waals surface area contributed by atoms with Gasteiger partial charge in [0.05, 0.1) is 21.7 Å². The van der Waals surface area contributed by atoms with Crippen LogP contribution in [0.1, 0.15) is 26.2 Å². The first kappa shape index (κ1) is 18.5. The molecule has 0 saturated heterocycles. The van der Waals surface area contributed by atoms with Crippen molar-refractivity contribution in [3.63, 3.8) is 0 Å². The standard InChI is InChI=1S/C14H17ClN2O3S3/c1-3-4-5-12(13(18)17-23(2,19)20)22-14-16-10-8-9(15)6-7-11(10)21-14/h6-8,12H,3-5H2,1-2H3,(H,17,18). The van der Waals surface area contributed by atoms with Crippen molar-refractivity contribution in [1.82, 2.24) is 9.71 Å². The van der Waals surface area contributed by atoms with Crippen LogP contribution in [0.25, 0.3) is 10.2 Å². The third kappa shape index (κ3) is 5.63. The number of thiazole rings is 1. The second-order valence-corrected chi connectivity index (χ2v) is 9.74. The zero-order valence-electron chi connectivity index (χ0n) is 12.7. The molecule has 2 rings (SSSR count). The molecule has 0 aliphatic rings. The Morgan fingerprint density at radius 1 is 1.48 bits per heavy atom. The topological polar surface area (TPSA) is 76.1 Å². The second-order valence-electron chi connectivity index (χ2n) is 5.08. The van der Waals surface area contributed by atoms with Crippen LogP contribution in [0.2, 0.25) is 5.02 Å². The maximum absolute atomic E-state index is 12.2. The Balaban J connectivity index is 2.19. The van der Waals surface area contributed by atoms with E-state index in [4.69, 9.17) is 11.6 Å². The highest BCUT2D eigenvalue weighted by Crippen LogP contribution is 2.34. The van der Waals surface area contributed by atoms with E-state index in [1.54, 1.807) is 12.1 Å². The minimum Gasteiger partial charge on any atom is -0.273 e. The molecule has 0 saturated carbocycles. The maximum Gasteiger partial charge on any atom is 0.246 e. The first-order valence-corrected chi connectivity index (χ1v) is 11.0. The second kappa shape index (κ2) is 7.83. The zero-order valence-corrected chi connectivity index (χ0v) is 15.9. The monoisotopic (exact) mass is 392 g/mol. The molecule has 0 spiro atoms. The Labute approximate surface area is 148 Å². The molecule has 23 heavy (non-hydrogen) atoms. The number of amides is 1. The number of halogens is 1. The summed E-state index contributed by atoms with van der Waals surface area (Å²) in [5, 5.41) is 0.123. The molecule has 5 nitrogen and oxygen atoms in total. The van der Waals surface area contributed by atoms with Gasteiger partial charge in [-0.3, -0.25) is 9.52 Å². The van der Waals surface area contributed by atoms with Gasteiger partial charge in [-0.1, -0.05) is 43.1 Å². The Bertz CT molecular complexity index is 805. The molecule has 2 aromatic rings. The Morgan fingerprint density at radius 2 is 2.22 bits per heavy atom. The number of nitrogens with one attached hydrogen (secondary N) is 1. The lowest BCUT2D eigenvalue weighted by Crippen LogP contribution is -2.36. The van der Waals surface area contributed by atoms with Gasteiger partial charge in [0, 0.05) is 5.02 Å². The number of benzene rings is 1. The first-order valence-electron chi connectivity index (χ1n) is 7.03. The summed E-state index contributed by atoms with van der Waals surface area (Å²) in [5.41, 5.74) is 0.780. The number of nitrogens with zero attached hydrogens (tertiary/aromatic N) is 1. The van der Waals surface area contributed by atoms with Crippen LogP contribution in [0.4, 0.5) is 0 Å². The number of unbranched alkanes of at least 4 members (excludes halogenated alkanes) is 1. The van der Waals surface area contributed by atoms with E-state index in [1.165, 1.54) is 23.1 Å². The van der Waals surface area contributed by atoms with E-state index >= 15 is 0 Å². The molecule has 9 heteroatoms. The van der Waals surface area contributed by atoms with Gasteiger partial charge in [-0.05, 0) is 24.6 Å². The van der Waals surface area contributed by atoms with E-state index < -0.39 is 21.2 Å². The van der Waals surface area contributed by atoms with E-state index in [0.29, 0.717) is 11.4 Å². The number of thioether (sulfide) groups is 1. The Kier molecular flexibility index (Phi) is 6.30. The summed E-state index contributed by atoms with van der Waals surface area (Å²) in [5.74, 6) is -0.497. The summed E-state index contributed by atoms with van der Waals surface area (Å²) in [6.45, 7) is 2.02. The van der Waals surface area contributed by atoms with E-state index in [2.05, 4.69) is 9.71 Å². The summed E-state index contributed by atoms with van der Waals surface area (Å²) in [6.07, 6.45) is 3.34. The van der Waals surface area contributed by atoms with Gasteiger partial charge in [-0.25, -0.2) is 13.4 Å². The molecule has 1 amide bonds. The van der Waals surface area contributed by atoms with Crippen LogP contribution in [0, 0.1) is 0 Å². The van der Waals surface area contributed by atoms with Crippen molar-refractivity contribution in [2.45, 2.75) is 35.8 Å². The van der Waals surface area contributed by atoms with Crippen molar-refractivity contribution < 1.29 is 13.2 Å². The lowest BCUT2D eigenvalue weighted by molar-refractivity contribution is -0.118. The predicted octanol–water partition coefficient (Wildman–Crippen LogP) is 3.68. The first-order chi connectivity index (χ1) is 10.8. The van der Waals surface area contributed by atoms with Crippen molar-refractivity contribution in [3.8, 4) is 0 Å². The smallest absolute Gasteiger partial charge is 0.246 e. The molecular formula is C14H17ClN2O3S3. The van der Waals surface area contributed by atoms with Crippen molar-refractivity contribution in [1.29, 1.82) is 0 Å². The molecule has 126 valence electrons. The van der Waals surface area contributed by atoms with E-state index in [0.717, 1.165) is 33.7 Å². The molecule has 0 fully saturated rings. The lowest BCUT2D eigenvalue weighted by atomic mass is 10.2. The normalized spacial score (nSPS) is 13.2. The maximum atomic E-state index is 12.2. The molecule has 1 aromatic heterocycles. The predicted molar refractivity (Wildman–Crippen MR) is 96.8 cm³/mol. The molecule has 1 atom stereocenters. The quantitative estimate of drug-likeness (QED) is 0.727. The van der Waals surface area contributed by atoms with Crippen LogP contribution < -0.4 is 4.72 Å². The fourth-order valence-corrected chi connectivity index (χ4v) is 5.01. The van der Waals surface area contributed by atoms with Gasteiger partial charge < -0.3 is 0 Å². The van der Waals surface area contributed by atoms with Crippen molar-refractivity contribution in [2.75, 3.05) is 6.26 Å². The number of carbonyl (C=O) groups is 1. The molecule has 1 unspecified atom stereocenters. The number of rotatable bonds is 7. The highest BCUT2D eigenvalue weighted by atomic mass is 35.5. The van der Waals surface area contributed by atoms with Gasteiger partial charge in [0.15, 0.2) is 4.34 Å². The third-order valence-electron chi connectivity index (χ3n) is 2.97. The number of carbonyl (C=O) groups excluding carboxylic acids is 1. The van der Waals surface area contributed by atoms with Gasteiger partial charge in [-0.15, -0.1) is 11.3 Å². The number of hydrogen-bond acceptors (Lipinski definition) is 6. The highest BCUT2D eigenvalue weighted by molar-refractivity contribution is 8.02. The number of hydrogen-bond donors (Lipinski definition) is 1. The van der Waals surface area contributed by atoms with Crippen molar-refractivity contribution in [3.05, 3.63) is 23.2 Å². The zero-order chi connectivity index (χ0) is 17.0. The summed E-state index contributed by atoms with van der Waals surface area (Å²) in [7, 11) is -3.56. The van der Waals surface area contributed by atoms with Crippen LogP contribution >= 0.6 is 34.7 Å². The van der Waals surface area contributed by atoms with Crippen molar-refractivity contribution >= 4 is 60.8 Å². The summed E-state index contributed by atoms with van der Waals surface area (Å²) >= 11 is 8.72. The Morgan fingerprint density at radius 3 is 2.87 bits per heavy atom. The van der Waals surface area contributed by atoms with Gasteiger partial charge in [0.1, 0.15) is 0 Å². The van der Waals surface area contributed by atoms with Gasteiger partial charge in [-0.2, -0.15) is 0 Å². The summed E-state index contributed by atoms with van der Waals surface area (Å²) in [6, 6.07) is 5.45. The largest absolute Gasteiger partial charge is 0.273 e. The minimum atomic E-state index is -3.56. The molecule has 1 heterocycles. The third-order valence-corrected chi connectivity index (χ3v) is 6.18. The highest BCUT2D eigenvalue weighted by Gasteiger charge is 2.23. The van der Waals surface area contributed by atoms with Crippen LogP contribution in [0.5, 0.6) is 0 Å². The van der Waals surface area contributed by atoms with Crippen LogP contribution in [-0.4, -0.2) is 30.8 Å². The molecule has 1 aromatic carbocycles. The Hall–Kier alpha value is -0.830. The summed E-state index contributed by atoms with van der Waals surface area (Å²) in [4.78, 5) is 16.7. The van der Waals surface area contributed by atoms with Gasteiger partial charge in [0.25, 0.3) is 0 Å². The lowest BCUT2D eigenvalue weighted by Gasteiger charge is -2.13. The molecule has 0 bridgehead atoms. The van der Waals surface area contributed by atoms with Gasteiger partial charge in [0.2, 0.25) is 15.9 Å². The van der Waals surface area contributed by atoms with Crippen LogP contribution in [-0.2, 0) is 14.8 Å². The molecule has 1 N–H and O–H groups in total. The molecule has 0 aliphatic carbocycles. The van der Waals surface area contributed by atoms with Crippen molar-refractivity contribution in [2.24, 2.45) is 0 Å². The van der Waals surface area contributed by atoms with Gasteiger partial charge >= 0.3 is 0 Å². The van der Waals surface area contributed by atoms with E-state index in [9.17, 15) is 13.2 Å². The SMILES string of the molecule is CCCCC(Sc1nc2cc(Cl)ccc2s1)C(=O)NS(C)(=O)=O. The van der Waals surface area contributed by atoms with Crippen LogP contribution in [0.3, 0.4) is 0 Å². The molecular weight excluding hydrogens is 376 g/mol. The fourth-order valence-electron chi connectivity index (χ4n) is 1.93. The van der Waals surface area contributed by atoms with E-state index in [1.807, 2.05) is 13.0 Å². The van der Waals surface area contributed by atoms with E-state index in [-0.39, 0.29) is 0 Å². The summed E-state index contributed by atoms with van der Waals surface area (Å²) < 4.78 is 26.3. The average molecular weight is 393 g/mol. The number of fused-ring (bicyclic) bond motifs is 1. The molecule has 0 radical (unpaired) electrons.